The minimum atomic E-state index is -0.826. The molecule has 3 amide bonds. The van der Waals surface area contributed by atoms with E-state index in [1.54, 1.807) is 0 Å². The van der Waals surface area contributed by atoms with E-state index in [0.29, 0.717) is 36.4 Å². The highest BCUT2D eigenvalue weighted by Gasteiger charge is 2.68. The van der Waals surface area contributed by atoms with Crippen LogP contribution in [0.5, 0.6) is 0 Å². The molecule has 3 aliphatic carbocycles. The SMILES string of the molecule is CC(C)C[C@H](NC(=O)NC(Cc1ccccc1)C(=O)Nc1cnccn1)B1OC2C[C@H]3C[C@H](C3(C)C)[C@@]2(C)O1. The van der Waals surface area contributed by atoms with E-state index < -0.39 is 19.2 Å². The highest BCUT2D eigenvalue weighted by Crippen LogP contribution is 2.65. The van der Waals surface area contributed by atoms with Gasteiger partial charge in [-0.2, -0.15) is 0 Å². The first kappa shape index (κ1) is 27.6. The third kappa shape index (κ3) is 5.68. The molecule has 1 saturated heterocycles. The van der Waals surface area contributed by atoms with Crippen LogP contribution in [0, 0.1) is 23.2 Å². The van der Waals surface area contributed by atoms with Gasteiger partial charge in [0.1, 0.15) is 6.04 Å². The van der Waals surface area contributed by atoms with Gasteiger partial charge in [0.2, 0.25) is 5.91 Å². The fourth-order valence-corrected chi connectivity index (χ4v) is 6.82. The van der Waals surface area contributed by atoms with Gasteiger partial charge in [0.25, 0.3) is 0 Å². The molecule has 2 unspecified atom stereocenters. The Labute approximate surface area is 231 Å². The molecule has 1 aromatic carbocycles. The summed E-state index contributed by atoms with van der Waals surface area (Å²) in [5, 5.41) is 8.75. The second kappa shape index (κ2) is 10.9. The van der Waals surface area contributed by atoms with Gasteiger partial charge in [-0.15, -0.1) is 0 Å². The van der Waals surface area contributed by atoms with Crippen LogP contribution < -0.4 is 16.0 Å². The molecule has 4 fully saturated rings. The monoisotopic (exact) mass is 533 g/mol. The highest BCUT2D eigenvalue weighted by atomic mass is 16.7. The number of urea groups is 1. The summed E-state index contributed by atoms with van der Waals surface area (Å²) in [7, 11) is -0.538. The summed E-state index contributed by atoms with van der Waals surface area (Å²) in [6.07, 6.45) is 7.70. The molecule has 1 aliphatic heterocycles. The molecule has 2 bridgehead atoms. The van der Waals surface area contributed by atoms with Crippen LogP contribution in [-0.4, -0.2) is 52.7 Å². The van der Waals surface area contributed by atoms with Crippen LogP contribution in [0.4, 0.5) is 10.6 Å². The topological polar surface area (TPSA) is 114 Å². The molecule has 0 spiro atoms. The zero-order valence-corrected chi connectivity index (χ0v) is 23.5. The van der Waals surface area contributed by atoms with Crippen molar-refractivity contribution in [2.75, 3.05) is 5.32 Å². The maximum atomic E-state index is 13.4. The number of carbonyl (C=O) groups excluding carboxylic acids is 2. The third-order valence-electron chi connectivity index (χ3n) is 9.06. The lowest BCUT2D eigenvalue weighted by molar-refractivity contribution is -0.199. The zero-order chi connectivity index (χ0) is 27.8. The molecule has 6 rings (SSSR count). The van der Waals surface area contributed by atoms with Gasteiger partial charge in [0, 0.05) is 18.8 Å². The molecule has 1 aromatic heterocycles. The highest BCUT2D eigenvalue weighted by molar-refractivity contribution is 6.47. The maximum absolute atomic E-state index is 13.4. The molecule has 10 heteroatoms. The van der Waals surface area contributed by atoms with Gasteiger partial charge >= 0.3 is 13.1 Å². The Morgan fingerprint density at radius 2 is 1.87 bits per heavy atom. The smallest absolute Gasteiger partial charge is 0.404 e. The largest absolute Gasteiger partial charge is 0.481 e. The van der Waals surface area contributed by atoms with Crippen LogP contribution in [0.25, 0.3) is 0 Å². The first-order valence-electron chi connectivity index (χ1n) is 14.1. The summed E-state index contributed by atoms with van der Waals surface area (Å²) in [4.78, 5) is 34.7. The Bertz CT molecular complexity index is 1170. The van der Waals surface area contributed by atoms with E-state index in [-0.39, 0.29) is 29.0 Å². The molecule has 208 valence electrons. The van der Waals surface area contributed by atoms with E-state index in [4.69, 9.17) is 9.31 Å². The predicted octanol–water partition coefficient (Wildman–Crippen LogP) is 4.01. The van der Waals surface area contributed by atoms with Gasteiger partial charge in [-0.25, -0.2) is 9.78 Å². The number of aromatic nitrogens is 2. The summed E-state index contributed by atoms with van der Waals surface area (Å²) >= 11 is 0. The molecule has 3 N–H and O–H groups in total. The van der Waals surface area contributed by atoms with E-state index in [2.05, 4.69) is 60.5 Å². The van der Waals surface area contributed by atoms with Crippen LogP contribution in [0.15, 0.2) is 48.9 Å². The number of anilines is 1. The van der Waals surface area contributed by atoms with Crippen LogP contribution in [0.3, 0.4) is 0 Å². The molecular formula is C29H40BN5O4. The van der Waals surface area contributed by atoms with Crippen molar-refractivity contribution in [2.24, 2.45) is 23.2 Å². The van der Waals surface area contributed by atoms with Crippen molar-refractivity contribution in [3.05, 3.63) is 54.5 Å². The molecular weight excluding hydrogens is 493 g/mol. The van der Waals surface area contributed by atoms with Crippen molar-refractivity contribution in [1.82, 2.24) is 20.6 Å². The van der Waals surface area contributed by atoms with Crippen molar-refractivity contribution in [1.29, 1.82) is 0 Å². The molecule has 9 nitrogen and oxygen atoms in total. The minimum Gasteiger partial charge on any atom is -0.404 e. The Hall–Kier alpha value is -2.98. The van der Waals surface area contributed by atoms with E-state index >= 15 is 0 Å². The van der Waals surface area contributed by atoms with Gasteiger partial charge in [0.15, 0.2) is 5.82 Å². The van der Waals surface area contributed by atoms with Crippen LogP contribution in [0.2, 0.25) is 0 Å². The van der Waals surface area contributed by atoms with Crippen LogP contribution in [0.1, 0.15) is 59.4 Å². The van der Waals surface area contributed by atoms with Crippen molar-refractivity contribution in [3.63, 3.8) is 0 Å². The van der Waals surface area contributed by atoms with Gasteiger partial charge in [0.05, 0.1) is 23.8 Å². The summed E-state index contributed by atoms with van der Waals surface area (Å²) in [6, 6.07) is 8.33. The quantitative estimate of drug-likeness (QED) is 0.420. The number of hydrogen-bond donors (Lipinski definition) is 3. The first-order valence-corrected chi connectivity index (χ1v) is 14.1. The van der Waals surface area contributed by atoms with E-state index in [0.717, 1.165) is 12.0 Å². The van der Waals surface area contributed by atoms with E-state index in [1.807, 2.05) is 30.3 Å². The number of carbonyl (C=O) groups is 2. The van der Waals surface area contributed by atoms with Crippen molar-refractivity contribution in [3.8, 4) is 0 Å². The lowest BCUT2D eigenvalue weighted by Gasteiger charge is -2.64. The summed E-state index contributed by atoms with van der Waals surface area (Å²) in [5.41, 5.74) is 0.808. The Kier molecular flexibility index (Phi) is 7.70. The Balaban J connectivity index is 1.28. The maximum Gasteiger partial charge on any atom is 0.481 e. The second-order valence-electron chi connectivity index (χ2n) is 12.5. The first-order chi connectivity index (χ1) is 18.6. The lowest BCUT2D eigenvalue weighted by atomic mass is 9.43. The van der Waals surface area contributed by atoms with Crippen LogP contribution in [-0.2, 0) is 20.5 Å². The number of rotatable bonds is 9. The van der Waals surface area contributed by atoms with Crippen molar-refractivity contribution < 1.29 is 18.9 Å². The predicted molar refractivity (Wildman–Crippen MR) is 150 cm³/mol. The fourth-order valence-electron chi connectivity index (χ4n) is 6.82. The average molecular weight is 533 g/mol. The minimum absolute atomic E-state index is 0.0300. The number of amides is 3. The number of nitrogens with zero attached hydrogens (tertiary/aromatic N) is 2. The number of benzene rings is 1. The Morgan fingerprint density at radius 3 is 2.54 bits per heavy atom. The molecule has 3 saturated carbocycles. The molecule has 6 atom stereocenters. The lowest BCUT2D eigenvalue weighted by Crippen LogP contribution is -2.65. The second-order valence-corrected chi connectivity index (χ2v) is 12.5. The van der Waals surface area contributed by atoms with Gasteiger partial charge < -0.3 is 25.3 Å². The van der Waals surface area contributed by atoms with Crippen LogP contribution >= 0.6 is 0 Å². The van der Waals surface area contributed by atoms with E-state index in [9.17, 15) is 9.59 Å². The van der Waals surface area contributed by atoms with Gasteiger partial charge in [-0.3, -0.25) is 9.78 Å². The van der Waals surface area contributed by atoms with E-state index in [1.165, 1.54) is 25.0 Å². The molecule has 2 aromatic rings. The average Bonchev–Trinajstić information content (AvgIpc) is 3.26. The summed E-state index contributed by atoms with van der Waals surface area (Å²) in [6.45, 7) is 11.1. The molecule has 0 radical (unpaired) electrons. The zero-order valence-electron chi connectivity index (χ0n) is 23.5. The van der Waals surface area contributed by atoms with Gasteiger partial charge in [-0.05, 0) is 54.9 Å². The fraction of sp³-hybridized carbons (Fsp3) is 0.586. The number of hydrogen-bond acceptors (Lipinski definition) is 6. The molecule has 4 aliphatic rings. The Morgan fingerprint density at radius 1 is 1.10 bits per heavy atom. The number of nitrogens with one attached hydrogen (secondary N) is 3. The summed E-state index contributed by atoms with van der Waals surface area (Å²) < 4.78 is 13.2. The van der Waals surface area contributed by atoms with Gasteiger partial charge in [-0.1, -0.05) is 58.0 Å². The summed E-state index contributed by atoms with van der Waals surface area (Å²) in [5.74, 6) is 0.993. The molecule has 39 heavy (non-hydrogen) atoms. The van der Waals surface area contributed by atoms with Crippen molar-refractivity contribution >= 4 is 24.9 Å². The standard InChI is InChI=1S/C29H40BN5O4/c1-18(2)13-24(30-38-23-16-20-15-22(28(20,3)4)29(23,5)39-30)34-27(37)33-21(14-19-9-7-6-8-10-19)26(36)35-25-17-31-11-12-32-25/h6-12,17-18,20-24H,13-16H2,1-5H3,(H,32,35,36)(H2,33,34,37)/t20-,21?,22-,23?,24+,29-/m1/s1. The van der Waals surface area contributed by atoms with Crippen molar-refractivity contribution in [2.45, 2.75) is 84.0 Å². The normalized spacial score (nSPS) is 28.2. The molecule has 2 heterocycles. The third-order valence-corrected chi connectivity index (χ3v) is 9.06.